The highest BCUT2D eigenvalue weighted by Crippen LogP contribution is 2.20. The van der Waals surface area contributed by atoms with Crippen molar-refractivity contribution in [3.63, 3.8) is 0 Å². The first-order valence-corrected chi connectivity index (χ1v) is 6.74. The van der Waals surface area contributed by atoms with Crippen LogP contribution in [0.2, 0.25) is 0 Å². The second-order valence-corrected chi connectivity index (χ2v) is 4.65. The van der Waals surface area contributed by atoms with Gasteiger partial charge in [-0.1, -0.05) is 0 Å². The molecule has 1 amide bonds. The number of benzene rings is 1. The van der Waals surface area contributed by atoms with Gasteiger partial charge in [0.25, 0.3) is 5.91 Å². The fraction of sp³-hybridized carbons (Fsp3) is 0.500. The van der Waals surface area contributed by atoms with Gasteiger partial charge in [0.1, 0.15) is 5.82 Å². The Bertz CT molecular complexity index is 462. The predicted octanol–water partition coefficient (Wildman–Crippen LogP) is 0.611. The maximum Gasteiger partial charge on any atom is 0.251 e. The van der Waals surface area contributed by atoms with Gasteiger partial charge in [-0.2, -0.15) is 0 Å². The predicted molar refractivity (Wildman–Crippen MR) is 75.7 cm³/mol. The lowest BCUT2D eigenvalue weighted by molar-refractivity contribution is 0.0936. The van der Waals surface area contributed by atoms with Crippen molar-refractivity contribution < 1.29 is 13.9 Å². The van der Waals surface area contributed by atoms with Gasteiger partial charge in [0.15, 0.2) is 0 Å². The summed E-state index contributed by atoms with van der Waals surface area (Å²) in [4.78, 5) is 13.8. The van der Waals surface area contributed by atoms with Gasteiger partial charge >= 0.3 is 0 Å². The average Bonchev–Trinajstić information content (AvgIpc) is 2.48. The fourth-order valence-corrected chi connectivity index (χ4v) is 2.18. The summed E-state index contributed by atoms with van der Waals surface area (Å²) in [6, 6.07) is 4.62. The van der Waals surface area contributed by atoms with Gasteiger partial charge in [0.2, 0.25) is 0 Å². The first kappa shape index (κ1) is 14.7. The van der Waals surface area contributed by atoms with Crippen LogP contribution in [0.4, 0.5) is 10.1 Å². The summed E-state index contributed by atoms with van der Waals surface area (Å²) in [6.45, 7) is 4.09. The van der Waals surface area contributed by atoms with Gasteiger partial charge in [0.05, 0.1) is 12.3 Å². The Hall–Kier alpha value is -1.66. The SMILES string of the molecule is COCCNC(=O)c1ccc(N2CCNCC2)c(F)c1. The number of hydrogen-bond acceptors (Lipinski definition) is 4. The van der Waals surface area contributed by atoms with E-state index < -0.39 is 0 Å². The van der Waals surface area contributed by atoms with E-state index in [9.17, 15) is 9.18 Å². The number of carbonyl (C=O) groups excluding carboxylic acids is 1. The van der Waals surface area contributed by atoms with Crippen LogP contribution in [-0.4, -0.2) is 52.3 Å². The molecule has 1 saturated heterocycles. The molecule has 6 heteroatoms. The smallest absolute Gasteiger partial charge is 0.251 e. The van der Waals surface area contributed by atoms with Crippen molar-refractivity contribution >= 4 is 11.6 Å². The second kappa shape index (κ2) is 7.21. The largest absolute Gasteiger partial charge is 0.383 e. The monoisotopic (exact) mass is 281 g/mol. The second-order valence-electron chi connectivity index (χ2n) is 4.65. The molecule has 20 heavy (non-hydrogen) atoms. The molecule has 5 nitrogen and oxygen atoms in total. The van der Waals surface area contributed by atoms with Gasteiger partial charge in [-0.05, 0) is 18.2 Å². The van der Waals surface area contributed by atoms with Crippen LogP contribution in [0.5, 0.6) is 0 Å². The Labute approximate surface area is 118 Å². The molecule has 0 saturated carbocycles. The number of halogens is 1. The number of nitrogens with one attached hydrogen (secondary N) is 2. The number of carbonyl (C=O) groups is 1. The molecule has 0 aromatic heterocycles. The first-order valence-electron chi connectivity index (χ1n) is 6.74. The Kier molecular flexibility index (Phi) is 5.31. The quantitative estimate of drug-likeness (QED) is 0.777. The summed E-state index contributed by atoms with van der Waals surface area (Å²) >= 11 is 0. The van der Waals surface area contributed by atoms with Gasteiger partial charge in [-0.3, -0.25) is 4.79 Å². The standard InChI is InChI=1S/C14H20FN3O2/c1-20-9-6-17-14(19)11-2-3-13(12(15)10-11)18-7-4-16-5-8-18/h2-3,10,16H,4-9H2,1H3,(H,17,19). The number of anilines is 1. The van der Waals surface area contributed by atoms with E-state index in [1.54, 1.807) is 19.2 Å². The van der Waals surface area contributed by atoms with E-state index in [-0.39, 0.29) is 11.7 Å². The highest BCUT2D eigenvalue weighted by molar-refractivity contribution is 5.94. The first-order chi connectivity index (χ1) is 9.72. The van der Waals surface area contributed by atoms with Gasteiger partial charge in [-0.15, -0.1) is 0 Å². The van der Waals surface area contributed by atoms with Crippen LogP contribution in [0.25, 0.3) is 0 Å². The number of ether oxygens (including phenoxy) is 1. The van der Waals surface area contributed by atoms with Gasteiger partial charge in [0, 0.05) is 45.4 Å². The zero-order valence-electron chi connectivity index (χ0n) is 11.6. The third kappa shape index (κ3) is 3.68. The van der Waals surface area contributed by atoms with Crippen LogP contribution < -0.4 is 15.5 Å². The molecular formula is C14H20FN3O2. The van der Waals surface area contributed by atoms with E-state index in [0.717, 1.165) is 26.2 Å². The summed E-state index contributed by atoms with van der Waals surface area (Å²) in [5.41, 5.74) is 0.887. The van der Waals surface area contributed by atoms with Crippen LogP contribution in [0, 0.1) is 5.82 Å². The lowest BCUT2D eigenvalue weighted by atomic mass is 10.1. The molecule has 0 atom stereocenters. The topological polar surface area (TPSA) is 53.6 Å². The molecular weight excluding hydrogens is 261 g/mol. The van der Waals surface area contributed by atoms with Crippen molar-refractivity contribution in [2.75, 3.05) is 51.3 Å². The Morgan fingerprint density at radius 3 is 2.85 bits per heavy atom. The van der Waals surface area contributed by atoms with Crippen molar-refractivity contribution in [3.05, 3.63) is 29.6 Å². The molecule has 2 rings (SSSR count). The summed E-state index contributed by atoms with van der Waals surface area (Å²) in [5.74, 6) is -0.640. The van der Waals surface area contributed by atoms with E-state index in [0.29, 0.717) is 24.4 Å². The highest BCUT2D eigenvalue weighted by Gasteiger charge is 2.16. The lowest BCUT2D eigenvalue weighted by Gasteiger charge is -2.29. The molecule has 1 aromatic rings. The molecule has 1 aromatic carbocycles. The van der Waals surface area contributed by atoms with Crippen molar-refractivity contribution in [1.82, 2.24) is 10.6 Å². The molecule has 0 radical (unpaired) electrons. The lowest BCUT2D eigenvalue weighted by Crippen LogP contribution is -2.43. The molecule has 0 unspecified atom stereocenters. The maximum atomic E-state index is 14.1. The number of methoxy groups -OCH3 is 1. The molecule has 2 N–H and O–H groups in total. The highest BCUT2D eigenvalue weighted by atomic mass is 19.1. The molecule has 0 aliphatic carbocycles. The normalized spacial score (nSPS) is 15.2. The third-order valence-corrected chi connectivity index (χ3v) is 3.26. The molecule has 1 aliphatic rings. The average molecular weight is 281 g/mol. The van der Waals surface area contributed by atoms with Gasteiger partial charge < -0.3 is 20.3 Å². The van der Waals surface area contributed by atoms with Crippen molar-refractivity contribution in [2.24, 2.45) is 0 Å². The number of rotatable bonds is 5. The molecule has 110 valence electrons. The minimum absolute atomic E-state index is 0.284. The number of amides is 1. The fourth-order valence-electron chi connectivity index (χ4n) is 2.18. The Morgan fingerprint density at radius 2 is 2.20 bits per heavy atom. The summed E-state index contributed by atoms with van der Waals surface area (Å²) in [6.07, 6.45) is 0. The number of hydrogen-bond donors (Lipinski definition) is 2. The minimum atomic E-state index is -0.355. The summed E-state index contributed by atoms with van der Waals surface area (Å²) in [7, 11) is 1.56. The number of nitrogens with zero attached hydrogens (tertiary/aromatic N) is 1. The zero-order chi connectivity index (χ0) is 14.4. The molecule has 1 heterocycles. The number of piperazine rings is 1. The summed E-state index contributed by atoms with van der Waals surface area (Å²) < 4.78 is 19.0. The molecule has 1 aliphatic heterocycles. The van der Waals surface area contributed by atoms with Crippen molar-refractivity contribution in [3.8, 4) is 0 Å². The van der Waals surface area contributed by atoms with E-state index in [1.807, 2.05) is 4.90 Å². The van der Waals surface area contributed by atoms with Crippen LogP contribution in [-0.2, 0) is 4.74 Å². The van der Waals surface area contributed by atoms with E-state index in [4.69, 9.17) is 4.74 Å². The van der Waals surface area contributed by atoms with Crippen LogP contribution >= 0.6 is 0 Å². The molecule has 0 spiro atoms. The van der Waals surface area contributed by atoms with Crippen molar-refractivity contribution in [1.29, 1.82) is 0 Å². The van der Waals surface area contributed by atoms with Gasteiger partial charge in [-0.25, -0.2) is 4.39 Å². The molecule has 1 fully saturated rings. The minimum Gasteiger partial charge on any atom is -0.383 e. The van der Waals surface area contributed by atoms with Crippen molar-refractivity contribution in [2.45, 2.75) is 0 Å². The maximum absolute atomic E-state index is 14.1. The van der Waals surface area contributed by atoms with Crippen LogP contribution in [0.1, 0.15) is 10.4 Å². The third-order valence-electron chi connectivity index (χ3n) is 3.26. The molecule has 0 bridgehead atoms. The van der Waals surface area contributed by atoms with E-state index in [1.165, 1.54) is 6.07 Å². The summed E-state index contributed by atoms with van der Waals surface area (Å²) in [5, 5.41) is 5.89. The van der Waals surface area contributed by atoms with Crippen LogP contribution in [0.15, 0.2) is 18.2 Å². The van der Waals surface area contributed by atoms with E-state index in [2.05, 4.69) is 10.6 Å². The van der Waals surface area contributed by atoms with Crippen LogP contribution in [0.3, 0.4) is 0 Å². The Morgan fingerprint density at radius 1 is 1.45 bits per heavy atom. The zero-order valence-corrected chi connectivity index (χ0v) is 11.6. The van der Waals surface area contributed by atoms with E-state index >= 15 is 0 Å². The Balaban J connectivity index is 2.03.